The molecule has 0 atom stereocenters. The first-order valence-electron chi connectivity index (χ1n) is 18.4. The zero-order chi connectivity index (χ0) is 35.8. The van der Waals surface area contributed by atoms with Crippen LogP contribution in [0.1, 0.15) is 0 Å². The topological polar surface area (TPSA) is 16.4 Å². The van der Waals surface area contributed by atoms with Gasteiger partial charge in [0, 0.05) is 27.7 Å². The van der Waals surface area contributed by atoms with Crippen molar-refractivity contribution in [1.29, 1.82) is 0 Å². The standard InChI is InChI=1S/C52H35NO/c1-4-14-36(15-5-1)38-24-29-42(30-25-38)53(43-31-26-39(27-32-43)37-16-6-2-7-17-37)49-23-13-12-20-44(49)41-28-33-50-48(34-41)52-46-22-11-10-21-45(46)47(35-51(52)54-50)40-18-8-3-9-19-40/h1-35H. The highest BCUT2D eigenvalue weighted by Gasteiger charge is 2.20. The summed E-state index contributed by atoms with van der Waals surface area (Å²) in [4.78, 5) is 2.37. The Labute approximate surface area is 314 Å². The zero-order valence-corrected chi connectivity index (χ0v) is 29.6. The van der Waals surface area contributed by atoms with Gasteiger partial charge in [-0.3, -0.25) is 0 Å². The molecule has 254 valence electrons. The molecular weight excluding hydrogens is 655 g/mol. The second kappa shape index (κ2) is 13.4. The predicted octanol–water partition coefficient (Wildman–Crippen LogP) is 14.9. The molecule has 2 heteroatoms. The maximum Gasteiger partial charge on any atom is 0.136 e. The highest BCUT2D eigenvalue weighted by molar-refractivity contribution is 6.22. The van der Waals surface area contributed by atoms with Gasteiger partial charge in [0.1, 0.15) is 11.2 Å². The summed E-state index contributed by atoms with van der Waals surface area (Å²) in [6.07, 6.45) is 0. The highest BCUT2D eigenvalue weighted by Crippen LogP contribution is 2.45. The second-order valence-corrected chi connectivity index (χ2v) is 13.7. The number of benzene rings is 9. The van der Waals surface area contributed by atoms with Gasteiger partial charge in [0.25, 0.3) is 0 Å². The molecule has 0 aliphatic heterocycles. The van der Waals surface area contributed by atoms with Crippen LogP contribution in [0.15, 0.2) is 217 Å². The number of furan rings is 1. The molecule has 0 radical (unpaired) electrons. The molecule has 0 unspecified atom stereocenters. The molecule has 0 saturated heterocycles. The first-order valence-corrected chi connectivity index (χ1v) is 18.4. The predicted molar refractivity (Wildman–Crippen MR) is 228 cm³/mol. The third-order valence-electron chi connectivity index (χ3n) is 10.5. The molecule has 0 amide bonds. The third kappa shape index (κ3) is 5.62. The molecule has 2 nitrogen and oxygen atoms in total. The molecule has 0 N–H and O–H groups in total. The molecule has 0 spiro atoms. The quantitative estimate of drug-likeness (QED) is 0.166. The van der Waals surface area contributed by atoms with Crippen molar-refractivity contribution in [2.75, 3.05) is 4.90 Å². The minimum atomic E-state index is 0.881. The molecule has 10 aromatic rings. The van der Waals surface area contributed by atoms with Gasteiger partial charge in [-0.15, -0.1) is 0 Å². The molecule has 1 aromatic heterocycles. The van der Waals surface area contributed by atoms with E-state index in [0.717, 1.165) is 50.1 Å². The molecule has 0 aliphatic carbocycles. The Bertz CT molecular complexity index is 2810. The van der Waals surface area contributed by atoms with Gasteiger partial charge in [-0.1, -0.05) is 164 Å². The van der Waals surface area contributed by atoms with Crippen LogP contribution >= 0.6 is 0 Å². The lowest BCUT2D eigenvalue weighted by Crippen LogP contribution is -2.11. The minimum absolute atomic E-state index is 0.881. The van der Waals surface area contributed by atoms with E-state index in [2.05, 4.69) is 217 Å². The lowest BCUT2D eigenvalue weighted by Gasteiger charge is -2.28. The van der Waals surface area contributed by atoms with Crippen molar-refractivity contribution in [2.24, 2.45) is 0 Å². The minimum Gasteiger partial charge on any atom is -0.456 e. The monoisotopic (exact) mass is 689 g/mol. The Hall–Kier alpha value is -7.16. The van der Waals surface area contributed by atoms with Gasteiger partial charge in [0.15, 0.2) is 0 Å². The fourth-order valence-electron chi connectivity index (χ4n) is 7.87. The van der Waals surface area contributed by atoms with Crippen LogP contribution in [-0.2, 0) is 0 Å². The van der Waals surface area contributed by atoms with Crippen LogP contribution in [0.4, 0.5) is 17.1 Å². The van der Waals surface area contributed by atoms with Crippen molar-refractivity contribution in [2.45, 2.75) is 0 Å². The van der Waals surface area contributed by atoms with Crippen molar-refractivity contribution in [3.05, 3.63) is 212 Å². The number of rotatable bonds is 7. The van der Waals surface area contributed by atoms with E-state index in [-0.39, 0.29) is 0 Å². The number of nitrogens with zero attached hydrogens (tertiary/aromatic N) is 1. The Kier molecular flexibility index (Phi) is 7.85. The van der Waals surface area contributed by atoms with Crippen molar-refractivity contribution in [3.63, 3.8) is 0 Å². The number of para-hydroxylation sites is 1. The van der Waals surface area contributed by atoms with Gasteiger partial charge >= 0.3 is 0 Å². The summed E-state index contributed by atoms with van der Waals surface area (Å²) in [6.45, 7) is 0. The summed E-state index contributed by atoms with van der Waals surface area (Å²) in [5, 5.41) is 4.66. The molecule has 54 heavy (non-hydrogen) atoms. The van der Waals surface area contributed by atoms with Crippen molar-refractivity contribution >= 4 is 49.8 Å². The van der Waals surface area contributed by atoms with E-state index >= 15 is 0 Å². The summed E-state index contributed by atoms with van der Waals surface area (Å²) in [5.41, 5.74) is 14.4. The van der Waals surface area contributed by atoms with E-state index in [1.54, 1.807) is 0 Å². The molecular formula is C52H35NO. The summed E-state index contributed by atoms with van der Waals surface area (Å²) < 4.78 is 6.61. The van der Waals surface area contributed by atoms with E-state index in [4.69, 9.17) is 4.42 Å². The van der Waals surface area contributed by atoms with Crippen LogP contribution in [0.3, 0.4) is 0 Å². The van der Waals surface area contributed by atoms with E-state index in [1.165, 1.54) is 44.2 Å². The molecule has 0 bridgehead atoms. The largest absolute Gasteiger partial charge is 0.456 e. The van der Waals surface area contributed by atoms with Gasteiger partial charge in [0.2, 0.25) is 0 Å². The number of anilines is 3. The number of hydrogen-bond acceptors (Lipinski definition) is 2. The van der Waals surface area contributed by atoms with Crippen molar-refractivity contribution < 1.29 is 4.42 Å². The lowest BCUT2D eigenvalue weighted by molar-refractivity contribution is 0.669. The van der Waals surface area contributed by atoms with E-state index in [0.29, 0.717) is 0 Å². The summed E-state index contributed by atoms with van der Waals surface area (Å²) in [7, 11) is 0. The SMILES string of the molecule is c1ccc(-c2ccc(N(c3ccc(-c4ccccc4)cc3)c3ccccc3-c3ccc4oc5cc(-c6ccccc6)c6ccccc6c5c4c3)cc2)cc1. The van der Waals surface area contributed by atoms with Crippen LogP contribution < -0.4 is 4.90 Å². The first-order chi connectivity index (χ1) is 26.8. The van der Waals surface area contributed by atoms with Gasteiger partial charge in [-0.2, -0.15) is 0 Å². The Balaban J connectivity index is 1.13. The third-order valence-corrected chi connectivity index (χ3v) is 10.5. The summed E-state index contributed by atoms with van der Waals surface area (Å²) >= 11 is 0. The molecule has 10 rings (SSSR count). The zero-order valence-electron chi connectivity index (χ0n) is 29.6. The smallest absolute Gasteiger partial charge is 0.136 e. The first kappa shape index (κ1) is 31.6. The maximum atomic E-state index is 6.61. The number of fused-ring (bicyclic) bond motifs is 5. The summed E-state index contributed by atoms with van der Waals surface area (Å²) in [6, 6.07) is 75.7. The number of hydrogen-bond donors (Lipinski definition) is 0. The van der Waals surface area contributed by atoms with Crippen LogP contribution in [0.25, 0.3) is 77.2 Å². The fourth-order valence-corrected chi connectivity index (χ4v) is 7.87. The molecule has 1 heterocycles. The van der Waals surface area contributed by atoms with Gasteiger partial charge < -0.3 is 9.32 Å². The van der Waals surface area contributed by atoms with Crippen LogP contribution in [-0.4, -0.2) is 0 Å². The normalized spacial score (nSPS) is 11.3. The summed E-state index contributed by atoms with van der Waals surface area (Å²) in [5.74, 6) is 0. The van der Waals surface area contributed by atoms with E-state index in [1.807, 2.05) is 0 Å². The lowest BCUT2D eigenvalue weighted by atomic mass is 9.94. The van der Waals surface area contributed by atoms with Gasteiger partial charge in [0.05, 0.1) is 5.69 Å². The Morgan fingerprint density at radius 3 is 1.39 bits per heavy atom. The molecule has 0 fully saturated rings. The maximum absolute atomic E-state index is 6.61. The fraction of sp³-hybridized carbons (Fsp3) is 0. The molecule has 0 aliphatic rings. The Morgan fingerprint density at radius 2 is 0.778 bits per heavy atom. The van der Waals surface area contributed by atoms with Gasteiger partial charge in [-0.05, 0) is 98.2 Å². The van der Waals surface area contributed by atoms with E-state index < -0.39 is 0 Å². The average Bonchev–Trinajstić information content (AvgIpc) is 3.63. The van der Waals surface area contributed by atoms with E-state index in [9.17, 15) is 0 Å². The molecule has 0 saturated carbocycles. The van der Waals surface area contributed by atoms with Gasteiger partial charge in [-0.25, -0.2) is 0 Å². The molecule has 9 aromatic carbocycles. The highest BCUT2D eigenvalue weighted by atomic mass is 16.3. The van der Waals surface area contributed by atoms with Crippen molar-refractivity contribution in [1.82, 2.24) is 0 Å². The van der Waals surface area contributed by atoms with Crippen LogP contribution in [0.5, 0.6) is 0 Å². The van der Waals surface area contributed by atoms with Crippen LogP contribution in [0.2, 0.25) is 0 Å². The Morgan fingerprint density at radius 1 is 0.296 bits per heavy atom. The van der Waals surface area contributed by atoms with Crippen molar-refractivity contribution in [3.8, 4) is 44.5 Å². The average molecular weight is 690 g/mol. The second-order valence-electron chi connectivity index (χ2n) is 13.7. The van der Waals surface area contributed by atoms with Crippen LogP contribution in [0, 0.1) is 0 Å².